The second kappa shape index (κ2) is 3.98. The van der Waals surface area contributed by atoms with E-state index < -0.39 is 12.3 Å². The fourth-order valence-corrected chi connectivity index (χ4v) is 1.10. The lowest BCUT2D eigenvalue weighted by molar-refractivity contribution is -0.117. The fraction of sp³-hybridized carbons (Fsp3) is 0.222. The van der Waals surface area contributed by atoms with Gasteiger partial charge in [-0.05, 0) is 5.56 Å². The van der Waals surface area contributed by atoms with Crippen molar-refractivity contribution in [3.05, 3.63) is 35.4 Å². The molecule has 2 N–H and O–H groups in total. The topological polar surface area (TPSA) is 43.1 Å². The van der Waals surface area contributed by atoms with Crippen LogP contribution >= 0.6 is 0 Å². The highest BCUT2D eigenvalue weighted by Crippen LogP contribution is 2.22. The van der Waals surface area contributed by atoms with Crippen LogP contribution in [0.25, 0.3) is 0 Å². The Morgan fingerprint density at radius 1 is 1.38 bits per heavy atom. The van der Waals surface area contributed by atoms with E-state index in [1.165, 1.54) is 18.2 Å². The van der Waals surface area contributed by atoms with E-state index >= 15 is 0 Å². The number of halogens is 2. The summed E-state index contributed by atoms with van der Waals surface area (Å²) in [5.41, 5.74) is 5.08. The summed E-state index contributed by atoms with van der Waals surface area (Å²) in [7, 11) is 0. The molecule has 0 aliphatic heterocycles. The minimum atomic E-state index is -2.56. The largest absolute Gasteiger partial charge is 0.369 e. The number of hydrogen-bond acceptors (Lipinski definition) is 1. The smallest absolute Gasteiger partial charge is 0.264 e. The summed E-state index contributed by atoms with van der Waals surface area (Å²) >= 11 is 0. The maximum Gasteiger partial charge on any atom is 0.264 e. The highest BCUT2D eigenvalue weighted by atomic mass is 19.3. The molecule has 0 saturated carbocycles. The van der Waals surface area contributed by atoms with Gasteiger partial charge in [-0.15, -0.1) is 0 Å². The van der Waals surface area contributed by atoms with E-state index in [9.17, 15) is 13.6 Å². The van der Waals surface area contributed by atoms with Crippen molar-refractivity contribution in [3.63, 3.8) is 0 Å². The summed E-state index contributed by atoms with van der Waals surface area (Å²) < 4.78 is 24.7. The molecule has 1 aromatic rings. The summed E-state index contributed by atoms with van der Waals surface area (Å²) in [6.45, 7) is 0. The Kier molecular flexibility index (Phi) is 2.95. The minimum Gasteiger partial charge on any atom is -0.369 e. The molecular weight excluding hydrogens is 176 g/mol. The van der Waals surface area contributed by atoms with Crippen LogP contribution in [0.5, 0.6) is 0 Å². The zero-order chi connectivity index (χ0) is 9.84. The standard InChI is InChI=1S/C9H9F2NO/c10-9(11)7-4-2-1-3-6(7)5-8(12)13/h1-4,9H,5H2,(H2,12,13). The van der Waals surface area contributed by atoms with Crippen molar-refractivity contribution >= 4 is 5.91 Å². The Morgan fingerprint density at radius 3 is 2.54 bits per heavy atom. The van der Waals surface area contributed by atoms with Gasteiger partial charge in [0.15, 0.2) is 0 Å². The summed E-state index contributed by atoms with van der Waals surface area (Å²) in [6, 6.07) is 5.88. The Labute approximate surface area is 74.4 Å². The second-order valence-electron chi connectivity index (χ2n) is 2.64. The number of hydrogen-bond donors (Lipinski definition) is 1. The van der Waals surface area contributed by atoms with Gasteiger partial charge in [-0.3, -0.25) is 4.79 Å². The molecule has 0 aliphatic carbocycles. The predicted octanol–water partition coefficient (Wildman–Crippen LogP) is 1.65. The average Bonchev–Trinajstić information content (AvgIpc) is 2.03. The first-order valence-corrected chi connectivity index (χ1v) is 3.75. The van der Waals surface area contributed by atoms with Crippen LogP contribution in [-0.4, -0.2) is 5.91 Å². The molecule has 0 aromatic heterocycles. The summed E-state index contributed by atoms with van der Waals surface area (Å²) in [5, 5.41) is 0. The molecule has 70 valence electrons. The van der Waals surface area contributed by atoms with Crippen molar-refractivity contribution < 1.29 is 13.6 Å². The SMILES string of the molecule is NC(=O)Cc1ccccc1C(F)F. The van der Waals surface area contributed by atoms with Gasteiger partial charge in [-0.1, -0.05) is 24.3 Å². The molecule has 1 rings (SSSR count). The van der Waals surface area contributed by atoms with Crippen molar-refractivity contribution in [1.29, 1.82) is 0 Å². The molecule has 0 unspecified atom stereocenters. The number of nitrogens with two attached hydrogens (primary N) is 1. The molecular formula is C9H9F2NO. The third kappa shape index (κ3) is 2.50. The van der Waals surface area contributed by atoms with Gasteiger partial charge in [0.05, 0.1) is 6.42 Å². The number of benzene rings is 1. The third-order valence-electron chi connectivity index (χ3n) is 1.65. The van der Waals surface area contributed by atoms with Crippen LogP contribution in [0.1, 0.15) is 17.6 Å². The fourth-order valence-electron chi connectivity index (χ4n) is 1.10. The van der Waals surface area contributed by atoms with Crippen LogP contribution in [0.2, 0.25) is 0 Å². The zero-order valence-electron chi connectivity index (χ0n) is 6.84. The van der Waals surface area contributed by atoms with Crippen LogP contribution in [0, 0.1) is 0 Å². The zero-order valence-corrected chi connectivity index (χ0v) is 6.84. The average molecular weight is 185 g/mol. The molecule has 4 heteroatoms. The van der Waals surface area contributed by atoms with Crippen LogP contribution in [0.3, 0.4) is 0 Å². The van der Waals surface area contributed by atoms with Gasteiger partial charge in [0.1, 0.15) is 0 Å². The number of alkyl halides is 2. The van der Waals surface area contributed by atoms with Gasteiger partial charge >= 0.3 is 0 Å². The molecule has 0 saturated heterocycles. The molecule has 0 aliphatic rings. The first-order chi connectivity index (χ1) is 6.11. The molecule has 2 nitrogen and oxygen atoms in total. The summed E-state index contributed by atoms with van der Waals surface area (Å²) in [4.78, 5) is 10.5. The van der Waals surface area contributed by atoms with Gasteiger partial charge < -0.3 is 5.73 Å². The van der Waals surface area contributed by atoms with E-state index in [0.717, 1.165) is 0 Å². The van der Waals surface area contributed by atoms with E-state index in [-0.39, 0.29) is 12.0 Å². The van der Waals surface area contributed by atoms with Crippen molar-refractivity contribution in [2.24, 2.45) is 5.73 Å². The quantitative estimate of drug-likeness (QED) is 0.764. The van der Waals surface area contributed by atoms with E-state index in [1.54, 1.807) is 6.07 Å². The van der Waals surface area contributed by atoms with Crippen LogP contribution < -0.4 is 5.73 Å². The first-order valence-electron chi connectivity index (χ1n) is 3.75. The van der Waals surface area contributed by atoms with Gasteiger partial charge in [-0.2, -0.15) is 0 Å². The van der Waals surface area contributed by atoms with Gasteiger partial charge in [0, 0.05) is 5.56 Å². The molecule has 0 heterocycles. The van der Waals surface area contributed by atoms with E-state index in [2.05, 4.69) is 0 Å². The number of carbonyl (C=O) groups is 1. The molecule has 0 spiro atoms. The third-order valence-corrected chi connectivity index (χ3v) is 1.65. The molecule has 0 bridgehead atoms. The van der Waals surface area contributed by atoms with Crippen LogP contribution in [0.15, 0.2) is 24.3 Å². The molecule has 1 aromatic carbocycles. The van der Waals surface area contributed by atoms with Gasteiger partial charge in [-0.25, -0.2) is 8.78 Å². The normalized spacial score (nSPS) is 10.4. The Bertz CT molecular complexity index is 312. The summed E-state index contributed by atoms with van der Waals surface area (Å²) in [6.07, 6.45) is -2.70. The Balaban J connectivity index is 2.97. The molecule has 0 radical (unpaired) electrons. The molecule has 1 amide bonds. The Morgan fingerprint density at radius 2 is 2.00 bits per heavy atom. The molecule has 0 fully saturated rings. The number of carbonyl (C=O) groups excluding carboxylic acids is 1. The van der Waals surface area contributed by atoms with Crippen LogP contribution in [0.4, 0.5) is 8.78 Å². The van der Waals surface area contributed by atoms with E-state index in [1.807, 2.05) is 0 Å². The van der Waals surface area contributed by atoms with E-state index in [0.29, 0.717) is 5.56 Å². The Hall–Kier alpha value is -1.45. The molecule has 0 atom stereocenters. The second-order valence-corrected chi connectivity index (χ2v) is 2.64. The lowest BCUT2D eigenvalue weighted by Gasteiger charge is -2.05. The number of rotatable bonds is 3. The van der Waals surface area contributed by atoms with Gasteiger partial charge in [0.25, 0.3) is 6.43 Å². The lowest BCUT2D eigenvalue weighted by Crippen LogP contribution is -2.14. The van der Waals surface area contributed by atoms with Gasteiger partial charge in [0.2, 0.25) is 5.91 Å². The predicted molar refractivity (Wildman–Crippen MR) is 44.3 cm³/mol. The van der Waals surface area contributed by atoms with Crippen LogP contribution in [-0.2, 0) is 11.2 Å². The maximum atomic E-state index is 12.3. The summed E-state index contributed by atoms with van der Waals surface area (Å²) in [5.74, 6) is -0.604. The van der Waals surface area contributed by atoms with Crippen molar-refractivity contribution in [2.45, 2.75) is 12.8 Å². The van der Waals surface area contributed by atoms with Crippen molar-refractivity contribution in [2.75, 3.05) is 0 Å². The minimum absolute atomic E-state index is 0.124. The lowest BCUT2D eigenvalue weighted by atomic mass is 10.1. The highest BCUT2D eigenvalue weighted by molar-refractivity contribution is 5.77. The molecule has 13 heavy (non-hydrogen) atoms. The number of amides is 1. The van der Waals surface area contributed by atoms with Crippen molar-refractivity contribution in [1.82, 2.24) is 0 Å². The first kappa shape index (κ1) is 9.64. The number of primary amides is 1. The monoisotopic (exact) mass is 185 g/mol. The van der Waals surface area contributed by atoms with Crippen molar-refractivity contribution in [3.8, 4) is 0 Å². The van der Waals surface area contributed by atoms with E-state index in [4.69, 9.17) is 5.73 Å². The maximum absolute atomic E-state index is 12.3. The highest BCUT2D eigenvalue weighted by Gasteiger charge is 2.12.